The van der Waals surface area contributed by atoms with Crippen LogP contribution in [0.4, 0.5) is 0 Å². The third kappa shape index (κ3) is 5.87. The van der Waals surface area contributed by atoms with Crippen LogP contribution >= 0.6 is 0 Å². The molecule has 1 aliphatic heterocycles. The van der Waals surface area contributed by atoms with Crippen LogP contribution in [0.1, 0.15) is 43.8 Å². The molecule has 9 heteroatoms. The number of guanidine groups is 1. The maximum absolute atomic E-state index is 12.6. The maximum atomic E-state index is 12.6. The standard InChI is InChI=1S/C22H32N4O4S/c1-4-23-21(25-16-22(3,27)20-12-7-17(2)30-20)24-15-18-8-10-19(11-9-18)31(28,29)26-13-5-6-14-26/h7-12,27H,4-6,13-16H2,1-3H3,(H2,23,24,25). The molecule has 0 radical (unpaired) electrons. The van der Waals surface area contributed by atoms with Crippen molar-refractivity contribution in [2.45, 2.75) is 50.7 Å². The zero-order valence-corrected chi connectivity index (χ0v) is 19.2. The van der Waals surface area contributed by atoms with Crippen molar-refractivity contribution in [2.75, 3.05) is 26.2 Å². The van der Waals surface area contributed by atoms with E-state index in [1.807, 2.05) is 19.9 Å². The first-order chi connectivity index (χ1) is 14.7. The Bertz CT molecular complexity index is 991. The Labute approximate surface area is 184 Å². The molecule has 2 heterocycles. The fourth-order valence-corrected chi connectivity index (χ4v) is 4.94. The van der Waals surface area contributed by atoms with Gasteiger partial charge in [0.2, 0.25) is 10.0 Å². The zero-order chi connectivity index (χ0) is 22.5. The van der Waals surface area contributed by atoms with Crippen molar-refractivity contribution < 1.29 is 17.9 Å². The molecule has 0 amide bonds. The van der Waals surface area contributed by atoms with Gasteiger partial charge in [-0.2, -0.15) is 4.31 Å². The molecule has 0 bridgehead atoms. The van der Waals surface area contributed by atoms with Crippen molar-refractivity contribution in [1.29, 1.82) is 0 Å². The first-order valence-corrected chi connectivity index (χ1v) is 12.1. The van der Waals surface area contributed by atoms with Crippen LogP contribution < -0.4 is 10.6 Å². The Morgan fingerprint density at radius 2 is 1.84 bits per heavy atom. The molecule has 1 aromatic carbocycles. The lowest BCUT2D eigenvalue weighted by atomic mass is 10.0. The largest absolute Gasteiger partial charge is 0.463 e. The second-order valence-corrected chi connectivity index (χ2v) is 9.93. The third-order valence-corrected chi connectivity index (χ3v) is 7.17. The summed E-state index contributed by atoms with van der Waals surface area (Å²) >= 11 is 0. The van der Waals surface area contributed by atoms with Gasteiger partial charge in [0.15, 0.2) is 5.96 Å². The second kappa shape index (κ2) is 9.84. The average Bonchev–Trinajstić information content (AvgIpc) is 3.43. The van der Waals surface area contributed by atoms with Crippen LogP contribution in [-0.4, -0.2) is 50.0 Å². The van der Waals surface area contributed by atoms with E-state index in [1.165, 1.54) is 0 Å². The van der Waals surface area contributed by atoms with E-state index in [2.05, 4.69) is 15.6 Å². The van der Waals surface area contributed by atoms with Crippen molar-refractivity contribution in [1.82, 2.24) is 14.9 Å². The van der Waals surface area contributed by atoms with Gasteiger partial charge in [-0.15, -0.1) is 0 Å². The number of nitrogens with zero attached hydrogens (tertiary/aromatic N) is 2. The highest BCUT2D eigenvalue weighted by Crippen LogP contribution is 2.22. The van der Waals surface area contributed by atoms with Crippen LogP contribution in [0.5, 0.6) is 0 Å². The van der Waals surface area contributed by atoms with Gasteiger partial charge >= 0.3 is 0 Å². The monoisotopic (exact) mass is 448 g/mol. The Morgan fingerprint density at radius 1 is 1.16 bits per heavy atom. The molecule has 1 aliphatic rings. The van der Waals surface area contributed by atoms with Crippen molar-refractivity contribution in [3.8, 4) is 0 Å². The molecule has 2 aromatic rings. The predicted octanol–water partition coefficient (Wildman–Crippen LogP) is 2.34. The summed E-state index contributed by atoms with van der Waals surface area (Å²) in [7, 11) is -3.41. The molecule has 3 N–H and O–H groups in total. The highest BCUT2D eigenvalue weighted by atomic mass is 32.2. The summed E-state index contributed by atoms with van der Waals surface area (Å²) < 4.78 is 32.4. The van der Waals surface area contributed by atoms with Crippen molar-refractivity contribution in [2.24, 2.45) is 4.99 Å². The van der Waals surface area contributed by atoms with Crippen LogP contribution in [0.15, 0.2) is 50.7 Å². The summed E-state index contributed by atoms with van der Waals surface area (Å²) in [6.45, 7) is 7.92. The first kappa shape index (κ1) is 23.3. The summed E-state index contributed by atoms with van der Waals surface area (Å²) in [5.74, 6) is 1.79. The number of benzene rings is 1. The molecule has 31 heavy (non-hydrogen) atoms. The zero-order valence-electron chi connectivity index (χ0n) is 18.4. The highest BCUT2D eigenvalue weighted by molar-refractivity contribution is 7.89. The van der Waals surface area contributed by atoms with Gasteiger partial charge in [0.1, 0.15) is 17.1 Å². The second-order valence-electron chi connectivity index (χ2n) is 7.99. The average molecular weight is 449 g/mol. The summed E-state index contributed by atoms with van der Waals surface area (Å²) in [6.07, 6.45) is 1.83. The van der Waals surface area contributed by atoms with Crippen LogP contribution in [0.3, 0.4) is 0 Å². The maximum Gasteiger partial charge on any atom is 0.243 e. The highest BCUT2D eigenvalue weighted by Gasteiger charge is 2.28. The molecule has 1 fully saturated rings. The molecule has 8 nitrogen and oxygen atoms in total. The molecule has 170 valence electrons. The van der Waals surface area contributed by atoms with Crippen LogP contribution in [0.25, 0.3) is 0 Å². The smallest absolute Gasteiger partial charge is 0.243 e. The Hall–Kier alpha value is -2.36. The lowest BCUT2D eigenvalue weighted by Gasteiger charge is -2.22. The summed E-state index contributed by atoms with van der Waals surface area (Å²) in [4.78, 5) is 4.86. The Balaban J connectivity index is 1.63. The van der Waals surface area contributed by atoms with Crippen molar-refractivity contribution in [3.63, 3.8) is 0 Å². The van der Waals surface area contributed by atoms with E-state index in [1.54, 1.807) is 41.6 Å². The van der Waals surface area contributed by atoms with E-state index >= 15 is 0 Å². The molecular formula is C22H32N4O4S. The Kier molecular flexibility index (Phi) is 7.40. The lowest BCUT2D eigenvalue weighted by Crippen LogP contribution is -2.44. The quantitative estimate of drug-likeness (QED) is 0.423. The minimum atomic E-state index is -3.41. The van der Waals surface area contributed by atoms with Gasteiger partial charge in [-0.1, -0.05) is 12.1 Å². The first-order valence-electron chi connectivity index (χ1n) is 10.6. The van der Waals surface area contributed by atoms with Crippen molar-refractivity contribution >= 4 is 16.0 Å². The number of nitrogens with one attached hydrogen (secondary N) is 2. The topological polar surface area (TPSA) is 107 Å². The summed E-state index contributed by atoms with van der Waals surface area (Å²) in [5, 5.41) is 17.0. The number of aryl methyl sites for hydroxylation is 1. The van der Waals surface area contributed by atoms with Gasteiger partial charge in [0, 0.05) is 19.6 Å². The van der Waals surface area contributed by atoms with Crippen LogP contribution in [0, 0.1) is 6.92 Å². The Morgan fingerprint density at radius 3 is 2.42 bits per heavy atom. The number of furan rings is 1. The summed E-state index contributed by atoms with van der Waals surface area (Å²) in [5.41, 5.74) is -0.290. The molecule has 1 atom stereocenters. The molecule has 1 unspecified atom stereocenters. The predicted molar refractivity (Wildman–Crippen MR) is 120 cm³/mol. The minimum absolute atomic E-state index is 0.221. The number of aliphatic hydroxyl groups is 1. The SMILES string of the molecule is CCNC(=NCc1ccc(S(=O)(=O)N2CCCC2)cc1)NCC(C)(O)c1ccc(C)o1. The van der Waals surface area contributed by atoms with Crippen LogP contribution in [-0.2, 0) is 22.2 Å². The van der Waals surface area contributed by atoms with Crippen molar-refractivity contribution in [3.05, 3.63) is 53.5 Å². The van der Waals surface area contributed by atoms with E-state index in [0.717, 1.165) is 24.2 Å². The van der Waals surface area contributed by atoms with E-state index in [0.29, 0.717) is 42.8 Å². The number of hydrogen-bond acceptors (Lipinski definition) is 5. The van der Waals surface area contributed by atoms with E-state index < -0.39 is 15.6 Å². The summed E-state index contributed by atoms with van der Waals surface area (Å²) in [6, 6.07) is 10.4. The minimum Gasteiger partial charge on any atom is -0.463 e. The molecule has 1 aromatic heterocycles. The van der Waals surface area contributed by atoms with Gasteiger partial charge < -0.3 is 20.2 Å². The van der Waals surface area contributed by atoms with Gasteiger partial charge in [-0.05, 0) is 63.4 Å². The van der Waals surface area contributed by atoms with E-state index in [-0.39, 0.29) is 6.54 Å². The number of sulfonamides is 1. The fourth-order valence-electron chi connectivity index (χ4n) is 3.42. The lowest BCUT2D eigenvalue weighted by molar-refractivity contribution is 0.0378. The molecule has 0 spiro atoms. The number of rotatable bonds is 8. The molecule has 0 saturated carbocycles. The van der Waals surface area contributed by atoms with Gasteiger partial charge in [0.05, 0.1) is 18.0 Å². The van der Waals surface area contributed by atoms with Crippen LogP contribution in [0.2, 0.25) is 0 Å². The van der Waals surface area contributed by atoms with E-state index in [4.69, 9.17) is 4.42 Å². The number of aliphatic imine (C=N–C) groups is 1. The third-order valence-electron chi connectivity index (χ3n) is 5.26. The normalized spacial score (nSPS) is 17.5. The molecule has 1 saturated heterocycles. The molecular weight excluding hydrogens is 416 g/mol. The van der Waals surface area contributed by atoms with Gasteiger partial charge in [-0.3, -0.25) is 0 Å². The molecule has 3 rings (SSSR count). The fraction of sp³-hybridized carbons (Fsp3) is 0.500. The van der Waals surface area contributed by atoms with E-state index in [9.17, 15) is 13.5 Å². The molecule has 0 aliphatic carbocycles. The van der Waals surface area contributed by atoms with Gasteiger partial charge in [-0.25, -0.2) is 13.4 Å². The number of hydrogen-bond donors (Lipinski definition) is 3. The van der Waals surface area contributed by atoms with Gasteiger partial charge in [0.25, 0.3) is 0 Å².